The van der Waals surface area contributed by atoms with E-state index in [1.54, 1.807) is 18.9 Å². The average molecular weight is 199 g/mol. The van der Waals surface area contributed by atoms with Crippen molar-refractivity contribution in [1.29, 1.82) is 0 Å². The van der Waals surface area contributed by atoms with Crippen LogP contribution in [0.2, 0.25) is 0 Å². The maximum atomic E-state index is 11.5. The summed E-state index contributed by atoms with van der Waals surface area (Å²) in [6.45, 7) is 1.76. The molecule has 0 spiro atoms. The van der Waals surface area contributed by atoms with Gasteiger partial charge in [0.05, 0.1) is 6.42 Å². The number of aliphatic carboxylic acids is 1. The first-order valence-corrected chi connectivity index (χ1v) is 4.98. The SMILES string of the molecule is CC(CC(=O)O)N(C)C(=O)CC1CC1. The number of rotatable bonds is 5. The molecule has 1 saturated carbocycles. The molecule has 14 heavy (non-hydrogen) atoms. The van der Waals surface area contributed by atoms with E-state index in [4.69, 9.17) is 5.11 Å². The zero-order chi connectivity index (χ0) is 10.7. The Morgan fingerprint density at radius 3 is 2.50 bits per heavy atom. The van der Waals surface area contributed by atoms with Gasteiger partial charge in [0, 0.05) is 19.5 Å². The first-order valence-electron chi connectivity index (χ1n) is 4.98. The van der Waals surface area contributed by atoms with Gasteiger partial charge in [0.25, 0.3) is 0 Å². The molecule has 1 unspecified atom stereocenters. The minimum absolute atomic E-state index is 0.0207. The van der Waals surface area contributed by atoms with Gasteiger partial charge < -0.3 is 10.0 Å². The monoisotopic (exact) mass is 199 g/mol. The first kappa shape index (κ1) is 11.0. The molecular weight excluding hydrogens is 182 g/mol. The van der Waals surface area contributed by atoms with Crippen LogP contribution in [0.3, 0.4) is 0 Å². The highest BCUT2D eigenvalue weighted by Gasteiger charge is 2.27. The summed E-state index contributed by atoms with van der Waals surface area (Å²) < 4.78 is 0. The van der Waals surface area contributed by atoms with Crippen LogP contribution in [-0.2, 0) is 9.59 Å². The fourth-order valence-electron chi connectivity index (χ4n) is 1.35. The van der Waals surface area contributed by atoms with E-state index in [0.29, 0.717) is 12.3 Å². The third kappa shape index (κ3) is 3.36. The lowest BCUT2D eigenvalue weighted by molar-refractivity contribution is -0.139. The Morgan fingerprint density at radius 1 is 1.50 bits per heavy atom. The summed E-state index contributed by atoms with van der Waals surface area (Å²) in [5.41, 5.74) is 0. The molecule has 1 N–H and O–H groups in total. The molecule has 1 fully saturated rings. The summed E-state index contributed by atoms with van der Waals surface area (Å²) >= 11 is 0. The molecule has 0 radical (unpaired) electrons. The predicted octanol–water partition coefficient (Wildman–Crippen LogP) is 1.11. The maximum Gasteiger partial charge on any atom is 0.305 e. The Labute approximate surface area is 83.9 Å². The molecule has 1 aliphatic rings. The number of nitrogens with zero attached hydrogens (tertiary/aromatic N) is 1. The van der Waals surface area contributed by atoms with Gasteiger partial charge in [-0.3, -0.25) is 9.59 Å². The minimum atomic E-state index is -0.858. The standard InChI is InChI=1S/C10H17NO3/c1-7(5-10(13)14)11(2)9(12)6-8-3-4-8/h7-8H,3-6H2,1-2H3,(H,13,14). The topological polar surface area (TPSA) is 57.6 Å². The van der Waals surface area contributed by atoms with Crippen molar-refractivity contribution in [3.8, 4) is 0 Å². The number of carboxylic acid groups (broad SMARTS) is 1. The van der Waals surface area contributed by atoms with Crippen LogP contribution in [0.4, 0.5) is 0 Å². The molecule has 0 saturated heterocycles. The van der Waals surface area contributed by atoms with Gasteiger partial charge in [-0.05, 0) is 25.7 Å². The van der Waals surface area contributed by atoms with E-state index in [9.17, 15) is 9.59 Å². The van der Waals surface area contributed by atoms with Crippen LogP contribution in [0.25, 0.3) is 0 Å². The van der Waals surface area contributed by atoms with E-state index >= 15 is 0 Å². The highest BCUT2D eigenvalue weighted by atomic mass is 16.4. The lowest BCUT2D eigenvalue weighted by Gasteiger charge is -2.23. The quantitative estimate of drug-likeness (QED) is 0.721. The van der Waals surface area contributed by atoms with Gasteiger partial charge in [0.2, 0.25) is 5.91 Å². The van der Waals surface area contributed by atoms with E-state index in [2.05, 4.69) is 0 Å². The Hall–Kier alpha value is -1.06. The summed E-state index contributed by atoms with van der Waals surface area (Å²) in [4.78, 5) is 23.5. The lowest BCUT2D eigenvalue weighted by atomic mass is 10.2. The van der Waals surface area contributed by atoms with Crippen LogP contribution >= 0.6 is 0 Å². The molecule has 0 aromatic heterocycles. The van der Waals surface area contributed by atoms with Crippen molar-refractivity contribution in [1.82, 2.24) is 4.90 Å². The summed E-state index contributed by atoms with van der Waals surface area (Å²) in [5, 5.41) is 8.57. The lowest BCUT2D eigenvalue weighted by Crippen LogP contribution is -2.36. The number of hydrogen-bond acceptors (Lipinski definition) is 2. The summed E-state index contributed by atoms with van der Waals surface area (Å²) in [7, 11) is 1.68. The van der Waals surface area contributed by atoms with Gasteiger partial charge in [-0.25, -0.2) is 0 Å². The van der Waals surface area contributed by atoms with Gasteiger partial charge in [-0.2, -0.15) is 0 Å². The van der Waals surface area contributed by atoms with Crippen molar-refractivity contribution in [2.75, 3.05) is 7.05 Å². The van der Waals surface area contributed by atoms with Gasteiger partial charge in [-0.15, -0.1) is 0 Å². The fourth-order valence-corrected chi connectivity index (χ4v) is 1.35. The Kier molecular flexibility index (Phi) is 3.49. The molecule has 0 aromatic carbocycles. The largest absolute Gasteiger partial charge is 0.481 e. The smallest absolute Gasteiger partial charge is 0.305 e. The molecule has 0 bridgehead atoms. The van der Waals surface area contributed by atoms with Crippen molar-refractivity contribution in [3.63, 3.8) is 0 Å². The number of carbonyl (C=O) groups is 2. The van der Waals surface area contributed by atoms with Crippen molar-refractivity contribution in [2.45, 2.75) is 38.6 Å². The zero-order valence-corrected chi connectivity index (χ0v) is 8.69. The number of carboxylic acids is 1. The molecule has 0 aliphatic heterocycles. The van der Waals surface area contributed by atoms with E-state index < -0.39 is 5.97 Å². The van der Waals surface area contributed by atoms with Gasteiger partial charge in [-0.1, -0.05) is 0 Å². The third-order valence-electron chi connectivity index (χ3n) is 2.68. The van der Waals surface area contributed by atoms with Crippen molar-refractivity contribution in [2.24, 2.45) is 5.92 Å². The van der Waals surface area contributed by atoms with Crippen molar-refractivity contribution in [3.05, 3.63) is 0 Å². The summed E-state index contributed by atoms with van der Waals surface area (Å²) in [5.74, 6) is -0.230. The number of amides is 1. The molecule has 80 valence electrons. The van der Waals surface area contributed by atoms with Crippen LogP contribution < -0.4 is 0 Å². The van der Waals surface area contributed by atoms with Crippen LogP contribution in [0.1, 0.15) is 32.6 Å². The molecule has 0 aromatic rings. The van der Waals surface area contributed by atoms with Gasteiger partial charge >= 0.3 is 5.97 Å². The van der Waals surface area contributed by atoms with E-state index in [1.165, 1.54) is 0 Å². The van der Waals surface area contributed by atoms with Crippen LogP contribution in [0.15, 0.2) is 0 Å². The first-order chi connectivity index (χ1) is 6.50. The maximum absolute atomic E-state index is 11.5. The van der Waals surface area contributed by atoms with Crippen LogP contribution in [-0.4, -0.2) is 35.0 Å². The Bertz CT molecular complexity index is 236. The highest BCUT2D eigenvalue weighted by Crippen LogP contribution is 2.32. The second-order valence-electron chi connectivity index (χ2n) is 4.10. The van der Waals surface area contributed by atoms with E-state index in [1.807, 2.05) is 0 Å². The second kappa shape index (κ2) is 4.44. The Balaban J connectivity index is 2.33. The molecule has 4 heteroatoms. The third-order valence-corrected chi connectivity index (χ3v) is 2.68. The molecule has 1 rings (SSSR count). The number of hydrogen-bond donors (Lipinski definition) is 1. The molecular formula is C10H17NO3. The minimum Gasteiger partial charge on any atom is -0.481 e. The molecule has 0 heterocycles. The molecule has 4 nitrogen and oxygen atoms in total. The fraction of sp³-hybridized carbons (Fsp3) is 0.800. The molecule has 1 amide bonds. The predicted molar refractivity (Wildman–Crippen MR) is 51.8 cm³/mol. The van der Waals surface area contributed by atoms with Crippen molar-refractivity contribution >= 4 is 11.9 Å². The number of carbonyl (C=O) groups excluding carboxylic acids is 1. The summed E-state index contributed by atoms with van der Waals surface area (Å²) in [6, 6.07) is -0.209. The molecule has 1 atom stereocenters. The van der Waals surface area contributed by atoms with E-state index in [-0.39, 0.29) is 18.4 Å². The van der Waals surface area contributed by atoms with Crippen LogP contribution in [0.5, 0.6) is 0 Å². The Morgan fingerprint density at radius 2 is 2.07 bits per heavy atom. The summed E-state index contributed by atoms with van der Waals surface area (Å²) in [6.07, 6.45) is 2.90. The van der Waals surface area contributed by atoms with E-state index in [0.717, 1.165) is 12.8 Å². The van der Waals surface area contributed by atoms with Crippen LogP contribution in [0, 0.1) is 5.92 Å². The van der Waals surface area contributed by atoms with Gasteiger partial charge in [0.15, 0.2) is 0 Å². The average Bonchev–Trinajstić information content (AvgIpc) is 2.85. The van der Waals surface area contributed by atoms with Gasteiger partial charge in [0.1, 0.15) is 0 Å². The molecule has 1 aliphatic carbocycles. The zero-order valence-electron chi connectivity index (χ0n) is 8.69. The highest BCUT2D eigenvalue weighted by molar-refractivity contribution is 5.77. The van der Waals surface area contributed by atoms with Crippen molar-refractivity contribution < 1.29 is 14.7 Å². The normalized spacial score (nSPS) is 17.6. The second-order valence-corrected chi connectivity index (χ2v) is 4.10.